The van der Waals surface area contributed by atoms with Crippen molar-refractivity contribution in [3.63, 3.8) is 0 Å². The molecule has 1 saturated heterocycles. The average Bonchev–Trinajstić information content (AvgIpc) is 2.50. The maximum Gasteiger partial charge on any atom is 0.242 e. The molecule has 1 amide bonds. The molecule has 1 aliphatic heterocycles. The van der Waals surface area contributed by atoms with E-state index >= 15 is 0 Å². The normalized spacial score (nSPS) is 15.4. The van der Waals surface area contributed by atoms with Gasteiger partial charge in [0.1, 0.15) is 11.6 Å². The molecule has 2 aromatic rings. The number of carbonyl (C=O) groups is 1. The number of aryl methyl sites for hydroxylation is 1. The highest BCUT2D eigenvalue weighted by Gasteiger charge is 2.24. The fourth-order valence-electron chi connectivity index (χ4n) is 2.49. The van der Waals surface area contributed by atoms with Crippen LogP contribution in [0, 0.1) is 6.92 Å². The molecular weight excluding hydrogens is 264 g/mol. The Morgan fingerprint density at radius 1 is 1.14 bits per heavy atom. The van der Waals surface area contributed by atoms with E-state index in [1.165, 1.54) is 0 Å². The van der Waals surface area contributed by atoms with E-state index in [0.717, 1.165) is 30.3 Å². The largest absolute Gasteiger partial charge is 0.345 e. The highest BCUT2D eigenvalue weighted by Crippen LogP contribution is 2.15. The van der Waals surface area contributed by atoms with Gasteiger partial charge in [-0.3, -0.25) is 4.79 Å². The van der Waals surface area contributed by atoms with Gasteiger partial charge in [0, 0.05) is 25.8 Å². The summed E-state index contributed by atoms with van der Waals surface area (Å²) in [6, 6.07) is 11.9. The molecule has 0 radical (unpaired) electrons. The molecule has 108 valence electrons. The molecule has 0 atom stereocenters. The molecular formula is C16H18N4O. The quantitative estimate of drug-likeness (QED) is 0.858. The molecule has 0 saturated carbocycles. The summed E-state index contributed by atoms with van der Waals surface area (Å²) in [7, 11) is 0. The predicted octanol–water partition coefficient (Wildman–Crippen LogP) is 1.63. The van der Waals surface area contributed by atoms with Gasteiger partial charge in [-0.1, -0.05) is 30.3 Å². The maximum absolute atomic E-state index is 12.3. The minimum atomic E-state index is 0.140. The van der Waals surface area contributed by atoms with Crippen molar-refractivity contribution in [2.24, 2.45) is 0 Å². The standard InChI is InChI=1S/C16H18N4O/c1-13-17-8-7-15(18-13)19-9-10-20(16(21)12-19)11-14-5-3-2-4-6-14/h2-8H,9-12H2,1H3. The molecule has 0 spiro atoms. The van der Waals surface area contributed by atoms with E-state index in [-0.39, 0.29) is 5.91 Å². The predicted molar refractivity (Wildman–Crippen MR) is 80.8 cm³/mol. The Morgan fingerprint density at radius 3 is 2.67 bits per heavy atom. The number of rotatable bonds is 3. The van der Waals surface area contributed by atoms with E-state index in [4.69, 9.17) is 0 Å². The van der Waals surface area contributed by atoms with Crippen LogP contribution in [0.3, 0.4) is 0 Å². The number of piperazine rings is 1. The van der Waals surface area contributed by atoms with E-state index in [0.29, 0.717) is 13.1 Å². The number of aromatic nitrogens is 2. The molecule has 5 nitrogen and oxygen atoms in total. The van der Waals surface area contributed by atoms with Crippen LogP contribution in [0.4, 0.5) is 5.82 Å². The Labute approximate surface area is 124 Å². The lowest BCUT2D eigenvalue weighted by Crippen LogP contribution is -2.50. The molecule has 1 aromatic carbocycles. The molecule has 1 fully saturated rings. The van der Waals surface area contributed by atoms with Gasteiger partial charge in [0.05, 0.1) is 6.54 Å². The SMILES string of the molecule is Cc1nccc(N2CCN(Cc3ccccc3)C(=O)C2)n1. The summed E-state index contributed by atoms with van der Waals surface area (Å²) in [5.41, 5.74) is 1.16. The van der Waals surface area contributed by atoms with E-state index in [1.807, 2.05) is 53.1 Å². The van der Waals surface area contributed by atoms with Gasteiger partial charge < -0.3 is 9.80 Å². The summed E-state index contributed by atoms with van der Waals surface area (Å²) in [4.78, 5) is 24.7. The van der Waals surface area contributed by atoms with E-state index in [2.05, 4.69) is 9.97 Å². The van der Waals surface area contributed by atoms with Gasteiger partial charge in [-0.15, -0.1) is 0 Å². The smallest absolute Gasteiger partial charge is 0.242 e. The Kier molecular flexibility index (Phi) is 3.81. The lowest BCUT2D eigenvalue weighted by atomic mass is 10.2. The van der Waals surface area contributed by atoms with Crippen LogP contribution < -0.4 is 4.90 Å². The van der Waals surface area contributed by atoms with Crippen molar-refractivity contribution in [2.45, 2.75) is 13.5 Å². The number of carbonyl (C=O) groups excluding carboxylic acids is 1. The highest BCUT2D eigenvalue weighted by atomic mass is 16.2. The molecule has 0 unspecified atom stereocenters. The topological polar surface area (TPSA) is 49.3 Å². The first-order chi connectivity index (χ1) is 10.2. The lowest BCUT2D eigenvalue weighted by Gasteiger charge is -2.35. The van der Waals surface area contributed by atoms with Crippen LogP contribution in [0.1, 0.15) is 11.4 Å². The third kappa shape index (κ3) is 3.18. The summed E-state index contributed by atoms with van der Waals surface area (Å²) >= 11 is 0. The van der Waals surface area contributed by atoms with Gasteiger partial charge in [0.15, 0.2) is 0 Å². The van der Waals surface area contributed by atoms with Gasteiger partial charge in [-0.05, 0) is 18.6 Å². The fraction of sp³-hybridized carbons (Fsp3) is 0.312. The molecule has 0 bridgehead atoms. The number of hydrogen-bond donors (Lipinski definition) is 0. The van der Waals surface area contributed by atoms with Crippen LogP contribution >= 0.6 is 0 Å². The summed E-state index contributed by atoms with van der Waals surface area (Å²) in [5.74, 6) is 1.70. The van der Waals surface area contributed by atoms with Crippen molar-refractivity contribution in [2.75, 3.05) is 24.5 Å². The summed E-state index contributed by atoms with van der Waals surface area (Å²) in [6.07, 6.45) is 1.73. The molecule has 5 heteroatoms. The van der Waals surface area contributed by atoms with Crippen molar-refractivity contribution < 1.29 is 4.79 Å². The van der Waals surface area contributed by atoms with Gasteiger partial charge in [0.2, 0.25) is 5.91 Å². The Morgan fingerprint density at radius 2 is 1.95 bits per heavy atom. The molecule has 1 aromatic heterocycles. The average molecular weight is 282 g/mol. The zero-order chi connectivity index (χ0) is 14.7. The third-order valence-corrected chi connectivity index (χ3v) is 3.62. The number of nitrogens with zero attached hydrogens (tertiary/aromatic N) is 4. The first-order valence-corrected chi connectivity index (χ1v) is 7.09. The minimum Gasteiger partial charge on any atom is -0.345 e. The Hall–Kier alpha value is -2.43. The zero-order valence-corrected chi connectivity index (χ0v) is 12.1. The van der Waals surface area contributed by atoms with Gasteiger partial charge in [-0.25, -0.2) is 9.97 Å². The van der Waals surface area contributed by atoms with Crippen LogP contribution in [0.5, 0.6) is 0 Å². The summed E-state index contributed by atoms with van der Waals surface area (Å²) in [5, 5.41) is 0. The molecule has 1 aliphatic rings. The van der Waals surface area contributed by atoms with Gasteiger partial charge >= 0.3 is 0 Å². The molecule has 2 heterocycles. The molecule has 0 aliphatic carbocycles. The van der Waals surface area contributed by atoms with Crippen LogP contribution in [0.15, 0.2) is 42.6 Å². The van der Waals surface area contributed by atoms with Gasteiger partial charge in [-0.2, -0.15) is 0 Å². The third-order valence-electron chi connectivity index (χ3n) is 3.62. The lowest BCUT2D eigenvalue weighted by molar-refractivity contribution is -0.131. The van der Waals surface area contributed by atoms with Crippen molar-refractivity contribution >= 4 is 11.7 Å². The maximum atomic E-state index is 12.3. The minimum absolute atomic E-state index is 0.140. The molecule has 21 heavy (non-hydrogen) atoms. The van der Waals surface area contributed by atoms with Crippen LogP contribution in [0.25, 0.3) is 0 Å². The first-order valence-electron chi connectivity index (χ1n) is 7.09. The number of benzene rings is 1. The Balaban J connectivity index is 1.66. The monoisotopic (exact) mass is 282 g/mol. The Bertz CT molecular complexity index is 629. The fourth-order valence-corrected chi connectivity index (χ4v) is 2.49. The summed E-state index contributed by atoms with van der Waals surface area (Å²) < 4.78 is 0. The van der Waals surface area contributed by atoms with Crippen molar-refractivity contribution in [1.82, 2.24) is 14.9 Å². The van der Waals surface area contributed by atoms with Crippen LogP contribution in [-0.2, 0) is 11.3 Å². The van der Waals surface area contributed by atoms with E-state index in [9.17, 15) is 4.79 Å². The van der Waals surface area contributed by atoms with Crippen LogP contribution in [-0.4, -0.2) is 40.4 Å². The van der Waals surface area contributed by atoms with E-state index in [1.54, 1.807) is 6.20 Å². The summed E-state index contributed by atoms with van der Waals surface area (Å²) in [6.45, 7) is 4.43. The number of hydrogen-bond acceptors (Lipinski definition) is 4. The zero-order valence-electron chi connectivity index (χ0n) is 12.1. The van der Waals surface area contributed by atoms with E-state index < -0.39 is 0 Å². The van der Waals surface area contributed by atoms with Crippen molar-refractivity contribution in [1.29, 1.82) is 0 Å². The second-order valence-corrected chi connectivity index (χ2v) is 5.18. The van der Waals surface area contributed by atoms with Gasteiger partial charge in [0.25, 0.3) is 0 Å². The number of amides is 1. The first kappa shape index (κ1) is 13.5. The number of anilines is 1. The second kappa shape index (κ2) is 5.91. The highest BCUT2D eigenvalue weighted by molar-refractivity contribution is 5.82. The van der Waals surface area contributed by atoms with Crippen LogP contribution in [0.2, 0.25) is 0 Å². The molecule has 0 N–H and O–H groups in total. The van der Waals surface area contributed by atoms with Crippen molar-refractivity contribution in [3.8, 4) is 0 Å². The second-order valence-electron chi connectivity index (χ2n) is 5.18. The molecule has 3 rings (SSSR count). The van der Waals surface area contributed by atoms with Crippen molar-refractivity contribution in [3.05, 3.63) is 54.0 Å².